The molecule has 1 saturated heterocycles. The average Bonchev–Trinajstić information content (AvgIpc) is 3.02. The lowest BCUT2D eigenvalue weighted by Gasteiger charge is -2.24. The fourth-order valence-electron chi connectivity index (χ4n) is 2.98. The molecule has 1 N–H and O–H groups in total. The Morgan fingerprint density at radius 1 is 1.27 bits per heavy atom. The molecule has 7 nitrogen and oxygen atoms in total. The molecule has 1 atom stereocenters. The quantitative estimate of drug-likeness (QED) is 0.198. The van der Waals surface area contributed by atoms with Crippen LogP contribution in [0.15, 0.2) is 4.99 Å². The first kappa shape index (κ1) is 25.9. The van der Waals surface area contributed by atoms with Crippen LogP contribution in [0.5, 0.6) is 0 Å². The minimum atomic E-state index is -2.96. The van der Waals surface area contributed by atoms with Crippen LogP contribution in [0.1, 0.15) is 27.2 Å². The molecule has 1 rings (SSSR count). The van der Waals surface area contributed by atoms with E-state index in [1.54, 1.807) is 0 Å². The van der Waals surface area contributed by atoms with Gasteiger partial charge >= 0.3 is 0 Å². The summed E-state index contributed by atoms with van der Waals surface area (Å²) in [6, 6.07) is 0. The molecular weight excluding hydrogens is 467 g/mol. The van der Waals surface area contributed by atoms with Gasteiger partial charge in [0.15, 0.2) is 5.96 Å². The number of guanidine groups is 1. The van der Waals surface area contributed by atoms with Gasteiger partial charge in [0.1, 0.15) is 9.84 Å². The van der Waals surface area contributed by atoms with Crippen molar-refractivity contribution in [1.82, 2.24) is 15.1 Å². The molecule has 9 heteroatoms. The van der Waals surface area contributed by atoms with Crippen LogP contribution in [0.2, 0.25) is 0 Å². The molecule has 1 heterocycles. The van der Waals surface area contributed by atoms with Gasteiger partial charge in [-0.2, -0.15) is 0 Å². The second kappa shape index (κ2) is 14.0. The van der Waals surface area contributed by atoms with Crippen molar-refractivity contribution < 1.29 is 13.2 Å². The minimum Gasteiger partial charge on any atom is -0.378 e. The van der Waals surface area contributed by atoms with Crippen LogP contribution in [0.4, 0.5) is 0 Å². The summed E-state index contributed by atoms with van der Waals surface area (Å²) in [7, 11) is -2.96. The summed E-state index contributed by atoms with van der Waals surface area (Å²) in [4.78, 5) is 9.43. The van der Waals surface area contributed by atoms with Crippen molar-refractivity contribution in [1.29, 1.82) is 0 Å². The van der Waals surface area contributed by atoms with Gasteiger partial charge < -0.3 is 19.9 Å². The summed E-state index contributed by atoms with van der Waals surface area (Å²) in [5.41, 5.74) is 0. The number of halogens is 1. The molecule has 1 unspecified atom stereocenters. The topological polar surface area (TPSA) is 74.2 Å². The fraction of sp³-hybridized carbons (Fsp3) is 0.941. The van der Waals surface area contributed by atoms with Crippen LogP contribution in [-0.4, -0.2) is 95.2 Å². The number of rotatable bonds is 11. The highest BCUT2D eigenvalue weighted by atomic mass is 127. The molecule has 0 aromatic carbocycles. The third kappa shape index (κ3) is 10.9. The molecule has 0 amide bonds. The summed E-state index contributed by atoms with van der Waals surface area (Å²) in [6.45, 7) is 14.0. The Morgan fingerprint density at radius 2 is 1.96 bits per heavy atom. The van der Waals surface area contributed by atoms with E-state index < -0.39 is 9.84 Å². The molecule has 156 valence electrons. The number of sulfone groups is 1. The van der Waals surface area contributed by atoms with Crippen LogP contribution >= 0.6 is 24.0 Å². The zero-order valence-corrected chi connectivity index (χ0v) is 19.9. The van der Waals surface area contributed by atoms with E-state index in [0.717, 1.165) is 45.2 Å². The van der Waals surface area contributed by atoms with Crippen molar-refractivity contribution in [3.8, 4) is 0 Å². The Hall–Kier alpha value is -0.130. The van der Waals surface area contributed by atoms with E-state index in [1.165, 1.54) is 12.7 Å². The van der Waals surface area contributed by atoms with Crippen LogP contribution in [0.25, 0.3) is 0 Å². The molecule has 0 aromatic heterocycles. The smallest absolute Gasteiger partial charge is 0.194 e. The summed E-state index contributed by atoms with van der Waals surface area (Å²) in [5.74, 6) is 1.70. The molecule has 0 radical (unpaired) electrons. The lowest BCUT2D eigenvalue weighted by atomic mass is 10.1. The summed E-state index contributed by atoms with van der Waals surface area (Å²) < 4.78 is 27.5. The fourth-order valence-corrected chi connectivity index (χ4v) is 3.40. The van der Waals surface area contributed by atoms with Crippen molar-refractivity contribution in [2.45, 2.75) is 27.2 Å². The predicted molar refractivity (Wildman–Crippen MR) is 119 cm³/mol. The molecule has 26 heavy (non-hydrogen) atoms. The monoisotopic (exact) mass is 504 g/mol. The maximum atomic E-state index is 11.1. The Labute approximate surface area is 176 Å². The van der Waals surface area contributed by atoms with Gasteiger partial charge in [-0.3, -0.25) is 4.99 Å². The van der Waals surface area contributed by atoms with Crippen molar-refractivity contribution >= 4 is 39.8 Å². The van der Waals surface area contributed by atoms with Crippen molar-refractivity contribution in [2.75, 3.05) is 71.0 Å². The SMILES string of the molecule is CCNC(=NCCOCCS(C)(=O)=O)N1CCC(CN(CC)CC)C1.I. The van der Waals surface area contributed by atoms with Gasteiger partial charge in [-0.25, -0.2) is 8.42 Å². The van der Waals surface area contributed by atoms with E-state index in [-0.39, 0.29) is 36.3 Å². The molecule has 1 aliphatic heterocycles. The van der Waals surface area contributed by atoms with Crippen molar-refractivity contribution in [3.63, 3.8) is 0 Å². The summed E-state index contributed by atoms with van der Waals surface area (Å²) in [6.07, 6.45) is 2.42. The molecule has 1 fully saturated rings. The number of aliphatic imine (C=N–C) groups is 1. The van der Waals surface area contributed by atoms with Gasteiger partial charge in [-0.15, -0.1) is 24.0 Å². The molecule has 0 saturated carbocycles. The largest absolute Gasteiger partial charge is 0.378 e. The zero-order chi connectivity index (χ0) is 18.7. The number of hydrogen-bond donors (Lipinski definition) is 1. The highest BCUT2D eigenvalue weighted by Gasteiger charge is 2.25. The van der Waals surface area contributed by atoms with Gasteiger partial charge in [0.05, 0.1) is 25.5 Å². The Kier molecular flexibility index (Phi) is 13.9. The van der Waals surface area contributed by atoms with Crippen LogP contribution < -0.4 is 5.32 Å². The van der Waals surface area contributed by atoms with Crippen LogP contribution in [0.3, 0.4) is 0 Å². The lowest BCUT2D eigenvalue weighted by molar-refractivity contribution is 0.157. The molecule has 1 aliphatic rings. The molecule has 0 aromatic rings. The lowest BCUT2D eigenvalue weighted by Crippen LogP contribution is -2.41. The Balaban J connectivity index is 0.00000625. The van der Waals surface area contributed by atoms with Crippen molar-refractivity contribution in [2.24, 2.45) is 10.9 Å². The number of hydrogen-bond acceptors (Lipinski definition) is 5. The number of nitrogens with one attached hydrogen (secondary N) is 1. The van der Waals surface area contributed by atoms with Gasteiger partial charge in [0.2, 0.25) is 0 Å². The standard InChI is InChI=1S/C17H36N4O3S.HI/c1-5-18-17(19-9-11-24-12-13-25(4,22)23)21-10-8-16(15-21)14-20(6-2)7-3;/h16H,5-15H2,1-4H3,(H,18,19);1H. The molecule has 0 bridgehead atoms. The second-order valence-electron chi connectivity index (χ2n) is 6.56. The molecule has 0 aliphatic carbocycles. The second-order valence-corrected chi connectivity index (χ2v) is 8.82. The Morgan fingerprint density at radius 3 is 2.54 bits per heavy atom. The van der Waals surface area contributed by atoms with E-state index in [4.69, 9.17) is 4.74 Å². The van der Waals surface area contributed by atoms with Gasteiger partial charge in [-0.05, 0) is 32.4 Å². The third-order valence-electron chi connectivity index (χ3n) is 4.43. The van der Waals surface area contributed by atoms with Crippen LogP contribution in [0, 0.1) is 5.92 Å². The van der Waals surface area contributed by atoms with Gasteiger partial charge in [0, 0.05) is 32.4 Å². The van der Waals surface area contributed by atoms with E-state index in [2.05, 4.69) is 40.9 Å². The first-order valence-electron chi connectivity index (χ1n) is 9.40. The highest BCUT2D eigenvalue weighted by molar-refractivity contribution is 14.0. The van der Waals surface area contributed by atoms with Crippen LogP contribution in [-0.2, 0) is 14.6 Å². The zero-order valence-electron chi connectivity index (χ0n) is 16.7. The third-order valence-corrected chi connectivity index (χ3v) is 5.34. The van der Waals surface area contributed by atoms with Gasteiger partial charge in [0.25, 0.3) is 0 Å². The van der Waals surface area contributed by atoms with E-state index in [9.17, 15) is 8.42 Å². The maximum absolute atomic E-state index is 11.1. The number of nitrogens with zero attached hydrogens (tertiary/aromatic N) is 3. The predicted octanol–water partition coefficient (Wildman–Crippen LogP) is 1.29. The number of likely N-dealkylation sites (tertiary alicyclic amines) is 1. The first-order valence-corrected chi connectivity index (χ1v) is 11.5. The summed E-state index contributed by atoms with van der Waals surface area (Å²) in [5, 5.41) is 3.35. The summed E-state index contributed by atoms with van der Waals surface area (Å²) >= 11 is 0. The highest BCUT2D eigenvalue weighted by Crippen LogP contribution is 2.17. The van der Waals surface area contributed by atoms with E-state index in [0.29, 0.717) is 19.1 Å². The first-order chi connectivity index (χ1) is 11.9. The average molecular weight is 504 g/mol. The maximum Gasteiger partial charge on any atom is 0.194 e. The molecular formula is C17H37IN4O3S. The Bertz CT molecular complexity index is 498. The van der Waals surface area contributed by atoms with E-state index in [1.807, 2.05) is 0 Å². The van der Waals surface area contributed by atoms with E-state index >= 15 is 0 Å². The minimum absolute atomic E-state index is 0. The molecule has 0 spiro atoms. The van der Waals surface area contributed by atoms with Gasteiger partial charge in [-0.1, -0.05) is 13.8 Å². The van der Waals surface area contributed by atoms with Crippen molar-refractivity contribution in [3.05, 3.63) is 0 Å². The normalized spacial score (nSPS) is 18.3. The number of ether oxygens (including phenoxy) is 1.